The van der Waals surface area contributed by atoms with E-state index in [0.29, 0.717) is 6.42 Å². The molecule has 0 saturated heterocycles. The van der Waals surface area contributed by atoms with Crippen molar-refractivity contribution in [2.24, 2.45) is 17.3 Å². The van der Waals surface area contributed by atoms with Crippen LogP contribution in [-0.4, -0.2) is 16.9 Å². The van der Waals surface area contributed by atoms with Gasteiger partial charge in [0.25, 0.3) is 0 Å². The molecule has 19 heavy (non-hydrogen) atoms. The van der Waals surface area contributed by atoms with Crippen molar-refractivity contribution in [2.45, 2.75) is 32.1 Å². The maximum absolute atomic E-state index is 12.0. The zero-order valence-corrected chi connectivity index (χ0v) is 10.8. The molecule has 3 nitrogen and oxygen atoms in total. The van der Waals surface area contributed by atoms with Gasteiger partial charge in [-0.25, -0.2) is 0 Å². The average molecular weight is 258 g/mol. The molecule has 1 aromatic carbocycles. The van der Waals surface area contributed by atoms with Crippen LogP contribution in [0, 0.1) is 17.3 Å². The molecule has 0 heterocycles. The molecule has 0 spiro atoms. The van der Waals surface area contributed by atoms with E-state index >= 15 is 0 Å². The van der Waals surface area contributed by atoms with E-state index in [9.17, 15) is 14.7 Å². The molecule has 2 aliphatic carbocycles. The summed E-state index contributed by atoms with van der Waals surface area (Å²) in [6.07, 6.45) is 3.92. The van der Waals surface area contributed by atoms with Crippen LogP contribution in [0.15, 0.2) is 30.3 Å². The van der Waals surface area contributed by atoms with E-state index in [4.69, 9.17) is 0 Å². The molecule has 0 unspecified atom stereocenters. The Kier molecular flexibility index (Phi) is 2.92. The number of carboxylic acid groups (broad SMARTS) is 1. The van der Waals surface area contributed by atoms with Gasteiger partial charge < -0.3 is 5.11 Å². The Morgan fingerprint density at radius 2 is 2.05 bits per heavy atom. The van der Waals surface area contributed by atoms with Crippen LogP contribution in [0.2, 0.25) is 0 Å². The van der Waals surface area contributed by atoms with Gasteiger partial charge in [0.1, 0.15) is 5.78 Å². The zero-order valence-electron chi connectivity index (χ0n) is 10.8. The number of carboxylic acids is 1. The Bertz CT molecular complexity index is 508. The van der Waals surface area contributed by atoms with Gasteiger partial charge in [-0.05, 0) is 37.2 Å². The molecular weight excluding hydrogens is 240 g/mol. The third kappa shape index (κ3) is 1.88. The SMILES string of the molecule is O=C(O)[C@H]1[C@H]2CCC(=O)[C@@]21CCCc1ccccc1. The molecule has 2 fully saturated rings. The summed E-state index contributed by atoms with van der Waals surface area (Å²) in [6.45, 7) is 0. The minimum atomic E-state index is -0.780. The molecule has 0 aliphatic heterocycles. The molecule has 0 radical (unpaired) electrons. The summed E-state index contributed by atoms with van der Waals surface area (Å²) in [5.74, 6) is -0.867. The van der Waals surface area contributed by atoms with E-state index in [1.165, 1.54) is 5.56 Å². The highest BCUT2D eigenvalue weighted by Gasteiger charge is 2.73. The summed E-state index contributed by atoms with van der Waals surface area (Å²) in [5.41, 5.74) is 0.758. The molecule has 0 aromatic heterocycles. The maximum Gasteiger partial charge on any atom is 0.307 e. The monoisotopic (exact) mass is 258 g/mol. The molecular formula is C16H18O3. The minimum absolute atomic E-state index is 0.119. The van der Waals surface area contributed by atoms with Crippen LogP contribution in [0.1, 0.15) is 31.2 Å². The van der Waals surface area contributed by atoms with Crippen LogP contribution in [0.4, 0.5) is 0 Å². The molecule has 3 rings (SSSR count). The second-order valence-corrected chi connectivity index (χ2v) is 5.76. The smallest absolute Gasteiger partial charge is 0.307 e. The number of fused-ring (bicyclic) bond motifs is 1. The van der Waals surface area contributed by atoms with E-state index < -0.39 is 17.3 Å². The highest BCUT2D eigenvalue weighted by atomic mass is 16.4. The fourth-order valence-corrected chi connectivity index (χ4v) is 3.94. The topological polar surface area (TPSA) is 54.4 Å². The van der Waals surface area contributed by atoms with Crippen molar-refractivity contribution in [3.8, 4) is 0 Å². The predicted molar refractivity (Wildman–Crippen MR) is 70.7 cm³/mol. The number of hydrogen-bond donors (Lipinski definition) is 1. The van der Waals surface area contributed by atoms with E-state index in [1.54, 1.807) is 0 Å². The molecule has 1 aromatic rings. The van der Waals surface area contributed by atoms with Gasteiger partial charge in [-0.1, -0.05) is 30.3 Å². The van der Waals surface area contributed by atoms with Gasteiger partial charge in [0.05, 0.1) is 5.92 Å². The van der Waals surface area contributed by atoms with Gasteiger partial charge in [0, 0.05) is 11.8 Å². The first-order valence-electron chi connectivity index (χ1n) is 6.96. The Morgan fingerprint density at radius 1 is 1.32 bits per heavy atom. The number of aliphatic carboxylic acids is 1. The lowest BCUT2D eigenvalue weighted by atomic mass is 9.91. The van der Waals surface area contributed by atoms with Crippen molar-refractivity contribution in [1.29, 1.82) is 0 Å². The van der Waals surface area contributed by atoms with Crippen molar-refractivity contribution in [3.63, 3.8) is 0 Å². The van der Waals surface area contributed by atoms with E-state index in [1.807, 2.05) is 18.2 Å². The largest absolute Gasteiger partial charge is 0.481 e. The van der Waals surface area contributed by atoms with E-state index in [0.717, 1.165) is 25.7 Å². The Hall–Kier alpha value is -1.64. The minimum Gasteiger partial charge on any atom is -0.481 e. The van der Waals surface area contributed by atoms with E-state index in [2.05, 4.69) is 12.1 Å². The number of aryl methyl sites for hydroxylation is 1. The summed E-state index contributed by atoms with van der Waals surface area (Å²) in [4.78, 5) is 23.2. The van der Waals surface area contributed by atoms with Crippen molar-refractivity contribution >= 4 is 11.8 Å². The van der Waals surface area contributed by atoms with Gasteiger partial charge in [0.15, 0.2) is 0 Å². The number of rotatable bonds is 5. The molecule has 100 valence electrons. The van der Waals surface area contributed by atoms with Crippen LogP contribution in [0.3, 0.4) is 0 Å². The van der Waals surface area contributed by atoms with Crippen LogP contribution >= 0.6 is 0 Å². The number of benzene rings is 1. The lowest BCUT2D eigenvalue weighted by Crippen LogP contribution is -2.20. The van der Waals surface area contributed by atoms with Crippen LogP contribution in [-0.2, 0) is 16.0 Å². The summed E-state index contributed by atoms with van der Waals surface area (Å²) in [6, 6.07) is 10.2. The van der Waals surface area contributed by atoms with Crippen LogP contribution in [0.5, 0.6) is 0 Å². The number of Topliss-reactive ketones (excluding diaryl/α,β-unsaturated/α-hetero) is 1. The number of carbonyl (C=O) groups excluding carboxylic acids is 1. The van der Waals surface area contributed by atoms with Gasteiger partial charge in [-0.3, -0.25) is 9.59 Å². The van der Waals surface area contributed by atoms with Crippen molar-refractivity contribution in [3.05, 3.63) is 35.9 Å². The fourth-order valence-electron chi connectivity index (χ4n) is 3.94. The maximum atomic E-state index is 12.0. The highest BCUT2D eigenvalue weighted by molar-refractivity contribution is 5.98. The molecule has 1 N–H and O–H groups in total. The van der Waals surface area contributed by atoms with E-state index in [-0.39, 0.29) is 11.7 Å². The first-order chi connectivity index (χ1) is 9.16. The second kappa shape index (κ2) is 4.48. The first-order valence-corrected chi connectivity index (χ1v) is 6.96. The summed E-state index contributed by atoms with van der Waals surface area (Å²) >= 11 is 0. The van der Waals surface area contributed by atoms with Crippen molar-refractivity contribution < 1.29 is 14.7 Å². The van der Waals surface area contributed by atoms with Gasteiger partial charge in [-0.15, -0.1) is 0 Å². The first kappa shape index (κ1) is 12.4. The summed E-state index contributed by atoms with van der Waals surface area (Å²) < 4.78 is 0. The van der Waals surface area contributed by atoms with Gasteiger partial charge in [-0.2, -0.15) is 0 Å². The lowest BCUT2D eigenvalue weighted by Gasteiger charge is -2.12. The number of ketones is 1. The number of hydrogen-bond acceptors (Lipinski definition) is 2. The Labute approximate surface area is 112 Å². The Morgan fingerprint density at radius 3 is 2.68 bits per heavy atom. The molecule has 0 bridgehead atoms. The molecule has 2 aliphatic rings. The normalized spacial score (nSPS) is 32.1. The number of carbonyl (C=O) groups is 2. The molecule has 0 amide bonds. The fraction of sp³-hybridized carbons (Fsp3) is 0.500. The summed E-state index contributed by atoms with van der Waals surface area (Å²) in [7, 11) is 0. The molecule has 3 atom stereocenters. The van der Waals surface area contributed by atoms with Gasteiger partial charge >= 0.3 is 5.97 Å². The van der Waals surface area contributed by atoms with Crippen LogP contribution < -0.4 is 0 Å². The quantitative estimate of drug-likeness (QED) is 0.883. The lowest BCUT2D eigenvalue weighted by molar-refractivity contribution is -0.142. The molecule has 2 saturated carbocycles. The standard InChI is InChI=1S/C16H18O3/c17-13-9-8-12-14(15(18)19)16(12,13)10-4-7-11-5-2-1-3-6-11/h1-3,5-6,12,14H,4,7-10H2,(H,18,19)/t12-,14-,16-/m1/s1. The van der Waals surface area contributed by atoms with Crippen molar-refractivity contribution in [1.82, 2.24) is 0 Å². The van der Waals surface area contributed by atoms with Crippen molar-refractivity contribution in [2.75, 3.05) is 0 Å². The second-order valence-electron chi connectivity index (χ2n) is 5.76. The molecule has 3 heteroatoms. The predicted octanol–water partition coefficient (Wildman–Crippen LogP) is 2.69. The summed E-state index contributed by atoms with van der Waals surface area (Å²) in [5, 5.41) is 9.21. The van der Waals surface area contributed by atoms with Crippen LogP contribution in [0.25, 0.3) is 0 Å². The average Bonchev–Trinajstić information content (AvgIpc) is 2.96. The third-order valence-electron chi connectivity index (χ3n) is 4.88. The highest BCUT2D eigenvalue weighted by Crippen LogP contribution is 2.68. The Balaban J connectivity index is 1.63. The zero-order chi connectivity index (χ0) is 13.5. The van der Waals surface area contributed by atoms with Gasteiger partial charge in [0.2, 0.25) is 0 Å². The third-order valence-corrected chi connectivity index (χ3v) is 4.88.